The summed E-state index contributed by atoms with van der Waals surface area (Å²) < 4.78 is 37.0. The van der Waals surface area contributed by atoms with E-state index in [4.69, 9.17) is 9.47 Å². The van der Waals surface area contributed by atoms with Crippen LogP contribution in [0.1, 0.15) is 10.4 Å². The quantitative estimate of drug-likeness (QED) is 0.685. The molecule has 0 atom stereocenters. The normalized spacial score (nSPS) is 10.6. The zero-order valence-electron chi connectivity index (χ0n) is 14.9. The van der Waals surface area contributed by atoms with Gasteiger partial charge in [-0.25, -0.2) is 17.9 Å². The molecule has 9 nitrogen and oxygen atoms in total. The van der Waals surface area contributed by atoms with Gasteiger partial charge in [-0.2, -0.15) is 0 Å². The molecule has 0 aliphatic heterocycles. The predicted octanol–water partition coefficient (Wildman–Crippen LogP) is 1.57. The van der Waals surface area contributed by atoms with Crippen LogP contribution in [-0.2, 0) is 10.0 Å². The first kappa shape index (κ1) is 20.0. The lowest BCUT2D eigenvalue weighted by molar-refractivity contribution is 0.0981. The van der Waals surface area contributed by atoms with Crippen molar-refractivity contribution in [2.75, 3.05) is 26.6 Å². The number of nitrogens with one attached hydrogen (secondary N) is 3. The Hall–Kier alpha value is -3.27. The van der Waals surface area contributed by atoms with Crippen molar-refractivity contribution in [3.05, 3.63) is 48.0 Å². The molecule has 10 heteroatoms. The topological polar surface area (TPSA) is 123 Å². The number of hydrogen-bond acceptors (Lipinski definition) is 6. The second-order valence-electron chi connectivity index (χ2n) is 5.23. The molecular formula is C17H19N3O6S. The third-order valence-corrected chi connectivity index (χ3v) is 4.87. The van der Waals surface area contributed by atoms with Gasteiger partial charge >= 0.3 is 6.03 Å². The van der Waals surface area contributed by atoms with Gasteiger partial charge < -0.3 is 20.1 Å². The molecule has 0 saturated heterocycles. The summed E-state index contributed by atoms with van der Waals surface area (Å²) in [4.78, 5) is 23.4. The lowest BCUT2D eigenvalue weighted by Gasteiger charge is -2.11. The summed E-state index contributed by atoms with van der Waals surface area (Å²) in [7, 11) is 0.219. The van der Waals surface area contributed by atoms with Crippen molar-refractivity contribution in [2.45, 2.75) is 4.90 Å². The highest BCUT2D eigenvalue weighted by Gasteiger charge is 2.20. The first-order valence-corrected chi connectivity index (χ1v) is 9.17. The highest BCUT2D eigenvalue weighted by Crippen LogP contribution is 2.27. The molecule has 0 saturated carbocycles. The van der Waals surface area contributed by atoms with E-state index >= 15 is 0 Å². The molecular weight excluding hydrogens is 374 g/mol. The second-order valence-corrected chi connectivity index (χ2v) is 6.92. The molecule has 0 bridgehead atoms. The Kier molecular flexibility index (Phi) is 6.24. The van der Waals surface area contributed by atoms with Crippen LogP contribution in [0.2, 0.25) is 0 Å². The van der Waals surface area contributed by atoms with E-state index in [9.17, 15) is 18.0 Å². The van der Waals surface area contributed by atoms with Crippen molar-refractivity contribution in [3.8, 4) is 11.5 Å². The predicted molar refractivity (Wildman–Crippen MR) is 98.7 cm³/mol. The fourth-order valence-corrected chi connectivity index (χ4v) is 3.10. The summed E-state index contributed by atoms with van der Waals surface area (Å²) in [6.07, 6.45) is 0. The number of anilines is 1. The molecule has 3 N–H and O–H groups in total. The van der Waals surface area contributed by atoms with E-state index in [1.807, 2.05) is 4.72 Å². The van der Waals surface area contributed by atoms with Gasteiger partial charge in [0.1, 0.15) is 0 Å². The number of hydrogen-bond donors (Lipinski definition) is 3. The Bertz CT molecular complexity index is 942. The van der Waals surface area contributed by atoms with Crippen molar-refractivity contribution in [1.29, 1.82) is 0 Å². The van der Waals surface area contributed by atoms with Crippen molar-refractivity contribution in [1.82, 2.24) is 10.0 Å². The molecule has 144 valence electrons. The molecule has 27 heavy (non-hydrogen) atoms. The van der Waals surface area contributed by atoms with Gasteiger partial charge in [0, 0.05) is 18.3 Å². The first-order valence-electron chi connectivity index (χ1n) is 7.68. The highest BCUT2D eigenvalue weighted by molar-refractivity contribution is 7.90. The molecule has 0 aliphatic rings. The van der Waals surface area contributed by atoms with E-state index in [1.165, 1.54) is 63.7 Å². The van der Waals surface area contributed by atoms with Gasteiger partial charge in [0.2, 0.25) is 0 Å². The summed E-state index contributed by atoms with van der Waals surface area (Å²) in [5.41, 5.74) is 0.494. The third-order valence-electron chi connectivity index (χ3n) is 3.52. The van der Waals surface area contributed by atoms with Crippen molar-refractivity contribution in [2.24, 2.45) is 0 Å². The van der Waals surface area contributed by atoms with E-state index < -0.39 is 22.0 Å². The minimum absolute atomic E-state index is 0.0918. The highest BCUT2D eigenvalue weighted by atomic mass is 32.2. The van der Waals surface area contributed by atoms with Gasteiger partial charge in [-0.15, -0.1) is 0 Å². The summed E-state index contributed by atoms with van der Waals surface area (Å²) in [5.74, 6) is -0.105. The van der Waals surface area contributed by atoms with Gasteiger partial charge in [0.15, 0.2) is 11.5 Å². The number of carbonyl (C=O) groups is 2. The number of urea groups is 1. The van der Waals surface area contributed by atoms with Crippen LogP contribution in [0.25, 0.3) is 0 Å². The lowest BCUT2D eigenvalue weighted by atomic mass is 10.2. The summed E-state index contributed by atoms with van der Waals surface area (Å²) in [5, 5.41) is 4.88. The molecule has 2 rings (SSSR count). The zero-order valence-corrected chi connectivity index (χ0v) is 15.7. The molecule has 0 fully saturated rings. The lowest BCUT2D eigenvalue weighted by Crippen LogP contribution is -2.30. The molecule has 0 unspecified atom stereocenters. The average molecular weight is 393 g/mol. The zero-order chi connectivity index (χ0) is 20.0. The number of amides is 3. The maximum atomic E-state index is 12.4. The van der Waals surface area contributed by atoms with Crippen LogP contribution in [0, 0.1) is 0 Å². The van der Waals surface area contributed by atoms with Gasteiger partial charge in [-0.3, -0.25) is 4.79 Å². The minimum atomic E-state index is -4.09. The van der Waals surface area contributed by atoms with Crippen LogP contribution in [0.15, 0.2) is 47.4 Å². The van der Waals surface area contributed by atoms with Crippen LogP contribution < -0.4 is 24.8 Å². The Labute approximate surface area is 156 Å². The Balaban J connectivity index is 2.18. The standard InChI is InChI=1S/C17H19N3O6S/c1-18-17(22)19-12-5-7-13(8-6-12)27(23,24)20-16(21)11-4-9-14(25-2)15(10-11)26-3/h4-10H,1-3H3,(H,20,21)(H2,18,19,22). The largest absolute Gasteiger partial charge is 0.493 e. The SMILES string of the molecule is CNC(=O)Nc1ccc(S(=O)(=O)NC(=O)c2ccc(OC)c(OC)c2)cc1. The molecule has 2 aromatic carbocycles. The molecule has 0 radical (unpaired) electrons. The van der Waals surface area contributed by atoms with Crippen LogP contribution in [-0.4, -0.2) is 41.6 Å². The molecule has 0 aliphatic carbocycles. The van der Waals surface area contributed by atoms with Crippen LogP contribution in [0.5, 0.6) is 11.5 Å². The number of rotatable bonds is 6. The van der Waals surface area contributed by atoms with Crippen LogP contribution in [0.4, 0.5) is 10.5 Å². The maximum Gasteiger partial charge on any atom is 0.318 e. The Morgan fingerprint density at radius 2 is 1.56 bits per heavy atom. The Morgan fingerprint density at radius 3 is 2.11 bits per heavy atom. The second kappa shape index (κ2) is 8.41. The van der Waals surface area contributed by atoms with Crippen molar-refractivity contribution >= 4 is 27.6 Å². The average Bonchev–Trinajstić information content (AvgIpc) is 2.67. The molecule has 0 aromatic heterocycles. The van der Waals surface area contributed by atoms with Gasteiger partial charge in [-0.1, -0.05) is 0 Å². The van der Waals surface area contributed by atoms with E-state index in [0.717, 1.165) is 0 Å². The van der Waals surface area contributed by atoms with Gasteiger partial charge in [0.05, 0.1) is 19.1 Å². The summed E-state index contributed by atoms with van der Waals surface area (Å²) >= 11 is 0. The van der Waals surface area contributed by atoms with Gasteiger partial charge in [-0.05, 0) is 42.5 Å². The van der Waals surface area contributed by atoms with E-state index in [1.54, 1.807) is 0 Å². The minimum Gasteiger partial charge on any atom is -0.493 e. The number of benzene rings is 2. The molecule has 3 amide bonds. The van der Waals surface area contributed by atoms with Crippen LogP contribution in [0.3, 0.4) is 0 Å². The monoisotopic (exact) mass is 393 g/mol. The number of methoxy groups -OCH3 is 2. The maximum absolute atomic E-state index is 12.4. The molecule has 0 spiro atoms. The summed E-state index contributed by atoms with van der Waals surface area (Å²) in [6, 6.07) is 9.22. The van der Waals surface area contributed by atoms with Gasteiger partial charge in [0.25, 0.3) is 15.9 Å². The number of ether oxygens (including phenoxy) is 2. The van der Waals surface area contributed by atoms with E-state index in [2.05, 4.69) is 10.6 Å². The van der Waals surface area contributed by atoms with E-state index in [0.29, 0.717) is 17.2 Å². The number of carbonyl (C=O) groups excluding carboxylic acids is 2. The van der Waals surface area contributed by atoms with Crippen LogP contribution >= 0.6 is 0 Å². The molecule has 0 heterocycles. The third kappa shape index (κ3) is 4.88. The van der Waals surface area contributed by atoms with Crippen molar-refractivity contribution < 1.29 is 27.5 Å². The Morgan fingerprint density at radius 1 is 0.926 bits per heavy atom. The molecule has 2 aromatic rings. The number of sulfonamides is 1. The van der Waals surface area contributed by atoms with E-state index in [-0.39, 0.29) is 10.5 Å². The first-order chi connectivity index (χ1) is 12.8. The fraction of sp³-hybridized carbons (Fsp3) is 0.176. The van der Waals surface area contributed by atoms with Crippen molar-refractivity contribution in [3.63, 3.8) is 0 Å². The smallest absolute Gasteiger partial charge is 0.318 e. The summed E-state index contributed by atoms with van der Waals surface area (Å²) in [6.45, 7) is 0. The fourth-order valence-electron chi connectivity index (χ4n) is 2.13.